The standard InChI is InChI=1S/C21H30N4O/c1-16-10-12-17(13-11-16)14-23-21(22-2)24-15-19(25(3)4)18-8-6-7-9-20(18)26-5/h6-13,19H,14-15H2,1-5H3,(H2,22,23,24). The van der Waals surface area contributed by atoms with Gasteiger partial charge in [0, 0.05) is 25.7 Å². The molecule has 1 atom stereocenters. The first kappa shape index (κ1) is 19.8. The lowest BCUT2D eigenvalue weighted by molar-refractivity contribution is 0.287. The first-order chi connectivity index (χ1) is 12.5. The fourth-order valence-electron chi connectivity index (χ4n) is 2.82. The van der Waals surface area contributed by atoms with Gasteiger partial charge in [0.25, 0.3) is 0 Å². The fourth-order valence-corrected chi connectivity index (χ4v) is 2.82. The number of methoxy groups -OCH3 is 1. The van der Waals surface area contributed by atoms with Crippen molar-refractivity contribution in [2.75, 3.05) is 34.8 Å². The molecule has 5 nitrogen and oxygen atoms in total. The number of likely N-dealkylation sites (N-methyl/N-ethyl adjacent to an activating group) is 1. The van der Waals surface area contributed by atoms with Gasteiger partial charge < -0.3 is 20.3 Å². The average molecular weight is 354 g/mol. The number of nitrogens with one attached hydrogen (secondary N) is 2. The summed E-state index contributed by atoms with van der Waals surface area (Å²) >= 11 is 0. The number of aryl methyl sites for hydroxylation is 1. The monoisotopic (exact) mass is 354 g/mol. The zero-order valence-corrected chi connectivity index (χ0v) is 16.4. The lowest BCUT2D eigenvalue weighted by Crippen LogP contribution is -2.41. The van der Waals surface area contributed by atoms with Gasteiger partial charge in [0.15, 0.2) is 5.96 Å². The molecule has 0 fully saturated rings. The van der Waals surface area contributed by atoms with Crippen LogP contribution in [0, 0.1) is 6.92 Å². The topological polar surface area (TPSA) is 48.9 Å². The summed E-state index contributed by atoms with van der Waals surface area (Å²) in [4.78, 5) is 6.51. The summed E-state index contributed by atoms with van der Waals surface area (Å²) in [6.07, 6.45) is 0. The molecule has 2 rings (SSSR count). The number of hydrogen-bond acceptors (Lipinski definition) is 3. The maximum Gasteiger partial charge on any atom is 0.191 e. The van der Waals surface area contributed by atoms with Crippen molar-refractivity contribution in [3.8, 4) is 5.75 Å². The summed E-state index contributed by atoms with van der Waals surface area (Å²) in [6, 6.07) is 16.8. The van der Waals surface area contributed by atoms with Crippen LogP contribution in [0.3, 0.4) is 0 Å². The maximum absolute atomic E-state index is 5.52. The van der Waals surface area contributed by atoms with Gasteiger partial charge in [-0.3, -0.25) is 4.99 Å². The molecule has 140 valence electrons. The van der Waals surface area contributed by atoms with Crippen LogP contribution in [0.4, 0.5) is 0 Å². The number of para-hydroxylation sites is 1. The second-order valence-corrected chi connectivity index (χ2v) is 6.51. The summed E-state index contributed by atoms with van der Waals surface area (Å²) in [5.74, 6) is 1.68. The van der Waals surface area contributed by atoms with Crippen LogP contribution >= 0.6 is 0 Å². The summed E-state index contributed by atoms with van der Waals surface area (Å²) in [5.41, 5.74) is 3.65. The third-order valence-corrected chi connectivity index (χ3v) is 4.39. The number of benzene rings is 2. The van der Waals surface area contributed by atoms with Crippen molar-refractivity contribution in [2.45, 2.75) is 19.5 Å². The van der Waals surface area contributed by atoms with Gasteiger partial charge in [-0.2, -0.15) is 0 Å². The molecule has 0 bridgehead atoms. The Morgan fingerprint density at radius 2 is 1.77 bits per heavy atom. The molecule has 0 saturated carbocycles. The Morgan fingerprint density at radius 1 is 1.08 bits per heavy atom. The Hall–Kier alpha value is -2.53. The third-order valence-electron chi connectivity index (χ3n) is 4.39. The first-order valence-corrected chi connectivity index (χ1v) is 8.84. The van der Waals surface area contributed by atoms with Gasteiger partial charge in [0.1, 0.15) is 5.75 Å². The van der Waals surface area contributed by atoms with Crippen LogP contribution in [-0.4, -0.2) is 45.7 Å². The number of rotatable bonds is 7. The van der Waals surface area contributed by atoms with Crippen molar-refractivity contribution in [1.29, 1.82) is 0 Å². The van der Waals surface area contributed by atoms with E-state index < -0.39 is 0 Å². The van der Waals surface area contributed by atoms with E-state index >= 15 is 0 Å². The number of ether oxygens (including phenoxy) is 1. The van der Waals surface area contributed by atoms with E-state index in [2.05, 4.69) is 71.9 Å². The molecule has 2 N–H and O–H groups in total. The predicted molar refractivity (Wildman–Crippen MR) is 109 cm³/mol. The molecule has 1 unspecified atom stereocenters. The minimum Gasteiger partial charge on any atom is -0.496 e. The van der Waals surface area contributed by atoms with E-state index in [0.717, 1.165) is 30.4 Å². The molecule has 0 amide bonds. The number of nitrogens with zero attached hydrogens (tertiary/aromatic N) is 2. The molecule has 2 aromatic carbocycles. The summed E-state index contributed by atoms with van der Waals surface area (Å²) in [5, 5.41) is 6.79. The lowest BCUT2D eigenvalue weighted by Gasteiger charge is -2.27. The summed E-state index contributed by atoms with van der Waals surface area (Å²) in [6.45, 7) is 3.55. The Morgan fingerprint density at radius 3 is 2.38 bits per heavy atom. The van der Waals surface area contributed by atoms with Crippen molar-refractivity contribution in [1.82, 2.24) is 15.5 Å². The van der Waals surface area contributed by atoms with Gasteiger partial charge in [0.05, 0.1) is 13.2 Å². The summed E-state index contributed by atoms with van der Waals surface area (Å²) in [7, 11) is 7.64. The quantitative estimate of drug-likeness (QED) is 0.593. The highest BCUT2D eigenvalue weighted by Crippen LogP contribution is 2.27. The molecule has 0 aromatic heterocycles. The van der Waals surface area contributed by atoms with Crippen LogP contribution in [-0.2, 0) is 6.54 Å². The zero-order valence-electron chi connectivity index (χ0n) is 16.4. The molecule has 2 aromatic rings. The van der Waals surface area contributed by atoms with Crippen molar-refractivity contribution in [2.24, 2.45) is 4.99 Å². The number of guanidine groups is 1. The number of aliphatic imine (C=N–C) groups is 1. The van der Waals surface area contributed by atoms with Crippen LogP contribution in [0.25, 0.3) is 0 Å². The minimum atomic E-state index is 0.170. The van der Waals surface area contributed by atoms with Crippen molar-refractivity contribution in [3.05, 3.63) is 65.2 Å². The van der Waals surface area contributed by atoms with E-state index in [0.29, 0.717) is 0 Å². The SMILES string of the molecule is CN=C(NCc1ccc(C)cc1)NCC(c1ccccc1OC)N(C)C. The Kier molecular flexibility index (Phi) is 7.48. The van der Waals surface area contributed by atoms with Gasteiger partial charge in [-0.25, -0.2) is 0 Å². The van der Waals surface area contributed by atoms with Gasteiger partial charge in [-0.1, -0.05) is 48.0 Å². The van der Waals surface area contributed by atoms with Crippen LogP contribution < -0.4 is 15.4 Å². The molecule has 0 saturated heterocycles. The van der Waals surface area contributed by atoms with Crippen molar-refractivity contribution >= 4 is 5.96 Å². The highest BCUT2D eigenvalue weighted by Gasteiger charge is 2.18. The molecule has 5 heteroatoms. The van der Waals surface area contributed by atoms with Crippen LogP contribution in [0.15, 0.2) is 53.5 Å². The maximum atomic E-state index is 5.52. The molecule has 0 aliphatic rings. The van der Waals surface area contributed by atoms with Crippen LogP contribution in [0.2, 0.25) is 0 Å². The van der Waals surface area contributed by atoms with Crippen LogP contribution in [0.1, 0.15) is 22.7 Å². The molecular weight excluding hydrogens is 324 g/mol. The lowest BCUT2D eigenvalue weighted by atomic mass is 10.0. The zero-order chi connectivity index (χ0) is 18.9. The van der Waals surface area contributed by atoms with Gasteiger partial charge >= 0.3 is 0 Å². The molecule has 0 spiro atoms. The molecule has 26 heavy (non-hydrogen) atoms. The molecule has 0 aliphatic carbocycles. The second-order valence-electron chi connectivity index (χ2n) is 6.51. The van der Waals surface area contributed by atoms with E-state index in [1.165, 1.54) is 11.1 Å². The highest BCUT2D eigenvalue weighted by molar-refractivity contribution is 5.79. The average Bonchev–Trinajstić information content (AvgIpc) is 2.65. The Bertz CT molecular complexity index is 710. The van der Waals surface area contributed by atoms with Crippen LogP contribution in [0.5, 0.6) is 5.75 Å². The van der Waals surface area contributed by atoms with E-state index in [-0.39, 0.29) is 6.04 Å². The smallest absolute Gasteiger partial charge is 0.191 e. The van der Waals surface area contributed by atoms with Crippen molar-refractivity contribution < 1.29 is 4.74 Å². The molecule has 0 heterocycles. The molecule has 0 radical (unpaired) electrons. The predicted octanol–water partition coefficient (Wildman–Crippen LogP) is 2.97. The Balaban J connectivity index is 1.99. The molecule has 0 aliphatic heterocycles. The van der Waals surface area contributed by atoms with Crippen molar-refractivity contribution in [3.63, 3.8) is 0 Å². The highest BCUT2D eigenvalue weighted by atomic mass is 16.5. The first-order valence-electron chi connectivity index (χ1n) is 8.84. The van der Waals surface area contributed by atoms with Gasteiger partial charge in [-0.15, -0.1) is 0 Å². The third kappa shape index (κ3) is 5.49. The normalized spacial score (nSPS) is 12.8. The van der Waals surface area contributed by atoms with E-state index in [1.807, 2.05) is 18.2 Å². The second kappa shape index (κ2) is 9.82. The largest absolute Gasteiger partial charge is 0.496 e. The number of hydrogen-bond donors (Lipinski definition) is 2. The van der Waals surface area contributed by atoms with E-state index in [9.17, 15) is 0 Å². The van der Waals surface area contributed by atoms with Gasteiger partial charge in [-0.05, 0) is 32.6 Å². The summed E-state index contributed by atoms with van der Waals surface area (Å²) < 4.78 is 5.52. The minimum absolute atomic E-state index is 0.170. The Labute approximate surface area is 157 Å². The fraction of sp³-hybridized carbons (Fsp3) is 0.381. The van der Waals surface area contributed by atoms with E-state index in [1.54, 1.807) is 14.2 Å². The van der Waals surface area contributed by atoms with E-state index in [4.69, 9.17) is 4.74 Å². The van der Waals surface area contributed by atoms with Gasteiger partial charge in [0.2, 0.25) is 0 Å². The molecular formula is C21H30N4O.